The van der Waals surface area contributed by atoms with Gasteiger partial charge in [-0.3, -0.25) is 9.59 Å². The molecular weight excluding hydrogens is 579 g/mol. The molecule has 0 spiro atoms. The maximum atomic E-state index is 14.8. The number of hydrogen-bond acceptors (Lipinski definition) is 4. The number of aryl methyl sites for hydroxylation is 1. The Kier molecular flexibility index (Phi) is 8.82. The molecule has 0 aromatic heterocycles. The molecule has 0 aliphatic carbocycles. The molecule has 0 radical (unpaired) electrons. The lowest BCUT2D eigenvalue weighted by atomic mass is 9.90. The molecule has 2 fully saturated rings. The van der Waals surface area contributed by atoms with Crippen LogP contribution < -0.4 is 10.2 Å². The molecular formula is C31H32Cl2N4O3S. The number of urea groups is 1. The quantitative estimate of drug-likeness (QED) is 0.361. The van der Waals surface area contributed by atoms with E-state index >= 15 is 0 Å². The van der Waals surface area contributed by atoms with Gasteiger partial charge in [-0.15, -0.1) is 11.8 Å². The van der Waals surface area contributed by atoms with E-state index in [0.717, 1.165) is 16.0 Å². The summed E-state index contributed by atoms with van der Waals surface area (Å²) >= 11 is 13.9. The van der Waals surface area contributed by atoms with Crippen molar-refractivity contribution in [2.45, 2.75) is 36.0 Å². The molecule has 3 aromatic rings. The van der Waals surface area contributed by atoms with Crippen molar-refractivity contribution in [3.8, 4) is 0 Å². The van der Waals surface area contributed by atoms with Crippen molar-refractivity contribution in [3.63, 3.8) is 0 Å². The number of hydrogen-bond donors (Lipinski definition) is 1. The summed E-state index contributed by atoms with van der Waals surface area (Å²) in [6.45, 7) is 6.04. The first-order chi connectivity index (χ1) is 19.7. The van der Waals surface area contributed by atoms with Crippen LogP contribution in [0.15, 0.2) is 77.7 Å². The highest BCUT2D eigenvalue weighted by atomic mass is 35.5. The van der Waals surface area contributed by atoms with Crippen LogP contribution in [0.25, 0.3) is 0 Å². The number of benzene rings is 3. The summed E-state index contributed by atoms with van der Waals surface area (Å²) in [4.78, 5) is 47.4. The van der Waals surface area contributed by atoms with Crippen molar-refractivity contribution in [2.24, 2.45) is 0 Å². The minimum absolute atomic E-state index is 0.0107. The van der Waals surface area contributed by atoms with Gasteiger partial charge in [0, 0.05) is 53.4 Å². The molecule has 2 atom stereocenters. The van der Waals surface area contributed by atoms with Crippen LogP contribution in [0.5, 0.6) is 0 Å². The molecule has 41 heavy (non-hydrogen) atoms. The van der Waals surface area contributed by atoms with Gasteiger partial charge in [-0.1, -0.05) is 53.0 Å². The molecule has 10 heteroatoms. The number of carbonyl (C=O) groups is 3. The van der Waals surface area contributed by atoms with Crippen LogP contribution in [0.2, 0.25) is 10.0 Å². The normalized spacial score (nSPS) is 20.8. The summed E-state index contributed by atoms with van der Waals surface area (Å²) in [6, 6.07) is 21.7. The smallest absolute Gasteiger partial charge is 0.317 e. The fraction of sp³-hybridized carbons (Fsp3) is 0.323. The average Bonchev–Trinajstić information content (AvgIpc) is 3.27. The van der Waals surface area contributed by atoms with Crippen molar-refractivity contribution in [3.05, 3.63) is 94.0 Å². The Morgan fingerprint density at radius 2 is 1.44 bits per heavy atom. The van der Waals surface area contributed by atoms with E-state index in [2.05, 4.69) is 5.32 Å². The molecule has 2 aliphatic rings. The summed E-state index contributed by atoms with van der Waals surface area (Å²) < 4.78 is -1.17. The van der Waals surface area contributed by atoms with E-state index in [1.54, 1.807) is 39.0 Å². The molecule has 7 nitrogen and oxygen atoms in total. The molecule has 3 aromatic carbocycles. The summed E-state index contributed by atoms with van der Waals surface area (Å²) in [6.07, 6.45) is 0.0107. The number of halogens is 2. The van der Waals surface area contributed by atoms with E-state index in [9.17, 15) is 14.4 Å². The van der Waals surface area contributed by atoms with Gasteiger partial charge in [0.1, 0.15) is 4.75 Å². The first-order valence-corrected chi connectivity index (χ1v) is 15.2. The fourth-order valence-electron chi connectivity index (χ4n) is 5.51. The summed E-state index contributed by atoms with van der Waals surface area (Å²) in [5.74, 6) is -0.274. The monoisotopic (exact) mass is 610 g/mol. The molecule has 2 aliphatic heterocycles. The number of piperazine rings is 1. The first kappa shape index (κ1) is 29.3. The average molecular weight is 612 g/mol. The number of nitrogens with one attached hydrogen (secondary N) is 1. The standard InChI is InChI=1S/C31H32Cl2N4O3S/c1-3-34-30(40)36-18-16-35(17-19-36)29(39)31(41-26-14-4-21(2)5-15-26)20-27(38)37(25-12-10-24(33)11-13-25)28(31)22-6-8-23(32)9-7-22/h4-15,28H,3,16-20H2,1-2H3,(H,34,40). The molecule has 5 rings (SSSR count). The number of amides is 4. The summed E-state index contributed by atoms with van der Waals surface area (Å²) in [5.41, 5.74) is 2.58. The fourth-order valence-corrected chi connectivity index (χ4v) is 7.22. The molecule has 0 saturated carbocycles. The predicted octanol–water partition coefficient (Wildman–Crippen LogP) is 6.18. The lowest BCUT2D eigenvalue weighted by Gasteiger charge is -2.42. The van der Waals surface area contributed by atoms with Gasteiger partial charge in [-0.25, -0.2) is 4.79 Å². The van der Waals surface area contributed by atoms with Crippen molar-refractivity contribution in [2.75, 3.05) is 37.6 Å². The predicted molar refractivity (Wildman–Crippen MR) is 165 cm³/mol. The van der Waals surface area contributed by atoms with Crippen LogP contribution in [-0.4, -0.2) is 65.1 Å². The minimum Gasteiger partial charge on any atom is -0.338 e. The third kappa shape index (κ3) is 6.05. The summed E-state index contributed by atoms with van der Waals surface area (Å²) in [7, 11) is 0. The van der Waals surface area contributed by atoms with E-state index in [1.165, 1.54) is 11.8 Å². The van der Waals surface area contributed by atoms with Crippen molar-refractivity contribution < 1.29 is 14.4 Å². The molecule has 2 unspecified atom stereocenters. The minimum atomic E-state index is -1.17. The lowest BCUT2D eigenvalue weighted by molar-refractivity contribution is -0.136. The maximum Gasteiger partial charge on any atom is 0.317 e. The third-order valence-electron chi connectivity index (χ3n) is 7.54. The highest BCUT2D eigenvalue weighted by Gasteiger charge is 2.59. The van der Waals surface area contributed by atoms with Gasteiger partial charge in [0.25, 0.3) is 0 Å². The zero-order chi connectivity index (χ0) is 29.1. The lowest BCUT2D eigenvalue weighted by Crippen LogP contribution is -2.58. The second-order valence-electron chi connectivity index (χ2n) is 10.3. The molecule has 0 bridgehead atoms. The Balaban J connectivity index is 1.59. The van der Waals surface area contributed by atoms with Crippen molar-refractivity contribution >= 4 is 58.5 Å². The van der Waals surface area contributed by atoms with Gasteiger partial charge in [0.2, 0.25) is 11.8 Å². The number of carbonyl (C=O) groups excluding carboxylic acids is 3. The Bertz CT molecular complexity index is 1410. The van der Waals surface area contributed by atoms with E-state index in [4.69, 9.17) is 23.2 Å². The van der Waals surface area contributed by atoms with Crippen LogP contribution in [0.1, 0.15) is 30.5 Å². The van der Waals surface area contributed by atoms with E-state index < -0.39 is 10.8 Å². The Hall–Kier alpha value is -3.20. The second-order valence-corrected chi connectivity index (χ2v) is 12.6. The van der Waals surface area contributed by atoms with Gasteiger partial charge in [-0.05, 0) is 67.9 Å². The SMILES string of the molecule is CCNC(=O)N1CCN(C(=O)C2(Sc3ccc(C)cc3)CC(=O)N(c3ccc(Cl)cc3)C2c2ccc(Cl)cc2)CC1. The van der Waals surface area contributed by atoms with E-state index in [-0.39, 0.29) is 24.3 Å². The first-order valence-electron chi connectivity index (χ1n) is 13.6. The molecule has 2 heterocycles. The number of thioether (sulfide) groups is 1. The van der Waals surface area contributed by atoms with E-state index in [1.807, 2.05) is 62.4 Å². The molecule has 2 saturated heterocycles. The van der Waals surface area contributed by atoms with Gasteiger partial charge in [0.05, 0.1) is 12.5 Å². The Morgan fingerprint density at radius 3 is 2.02 bits per heavy atom. The zero-order valence-corrected chi connectivity index (χ0v) is 25.3. The number of anilines is 1. The van der Waals surface area contributed by atoms with Gasteiger partial charge in [-0.2, -0.15) is 0 Å². The Labute approximate surface area is 254 Å². The number of rotatable bonds is 6. The maximum absolute atomic E-state index is 14.8. The topological polar surface area (TPSA) is 73.0 Å². The van der Waals surface area contributed by atoms with Crippen LogP contribution in [0.4, 0.5) is 10.5 Å². The molecule has 1 N–H and O–H groups in total. The van der Waals surface area contributed by atoms with Crippen LogP contribution in [0.3, 0.4) is 0 Å². The second kappa shape index (κ2) is 12.3. The number of nitrogens with zero attached hydrogens (tertiary/aromatic N) is 3. The largest absolute Gasteiger partial charge is 0.338 e. The molecule has 4 amide bonds. The van der Waals surface area contributed by atoms with Crippen LogP contribution >= 0.6 is 35.0 Å². The highest BCUT2D eigenvalue weighted by Crippen LogP contribution is 2.55. The van der Waals surface area contributed by atoms with E-state index in [0.29, 0.717) is 48.5 Å². The highest BCUT2D eigenvalue weighted by molar-refractivity contribution is 8.01. The summed E-state index contributed by atoms with van der Waals surface area (Å²) in [5, 5.41) is 3.96. The van der Waals surface area contributed by atoms with Gasteiger partial charge in [0.15, 0.2) is 0 Å². The Morgan fingerprint density at radius 1 is 0.878 bits per heavy atom. The van der Waals surface area contributed by atoms with Crippen molar-refractivity contribution in [1.82, 2.24) is 15.1 Å². The van der Waals surface area contributed by atoms with Crippen LogP contribution in [0, 0.1) is 6.92 Å². The van der Waals surface area contributed by atoms with Crippen LogP contribution in [-0.2, 0) is 9.59 Å². The van der Waals surface area contributed by atoms with Gasteiger partial charge >= 0.3 is 6.03 Å². The zero-order valence-electron chi connectivity index (χ0n) is 23.0. The van der Waals surface area contributed by atoms with Crippen molar-refractivity contribution in [1.29, 1.82) is 0 Å². The molecule has 214 valence electrons. The third-order valence-corrected chi connectivity index (χ3v) is 9.46. The van der Waals surface area contributed by atoms with Gasteiger partial charge < -0.3 is 20.0 Å².